The molecule has 2 aromatic rings. The van der Waals surface area contributed by atoms with Gasteiger partial charge in [0.25, 0.3) is 0 Å². The highest BCUT2D eigenvalue weighted by atomic mass is 35.5. The second-order valence-corrected chi connectivity index (χ2v) is 6.94. The lowest BCUT2D eigenvalue weighted by atomic mass is 10.1. The Kier molecular flexibility index (Phi) is 5.95. The molecule has 0 atom stereocenters. The average Bonchev–Trinajstić information content (AvgIpc) is 2.62. The van der Waals surface area contributed by atoms with Crippen molar-refractivity contribution in [3.8, 4) is 0 Å². The Morgan fingerprint density at radius 2 is 1.80 bits per heavy atom. The van der Waals surface area contributed by atoms with Crippen LogP contribution in [0.4, 0.5) is 10.5 Å². The highest BCUT2D eigenvalue weighted by Gasteiger charge is 2.20. The normalized spacial score (nSPS) is 15.2. The zero-order valence-electron chi connectivity index (χ0n) is 14.5. The van der Waals surface area contributed by atoms with E-state index < -0.39 is 0 Å². The first kappa shape index (κ1) is 17.8. The van der Waals surface area contributed by atoms with E-state index in [4.69, 9.17) is 11.6 Å². The van der Waals surface area contributed by atoms with Crippen molar-refractivity contribution in [2.75, 3.05) is 38.0 Å². The Labute approximate surface area is 154 Å². The van der Waals surface area contributed by atoms with Crippen LogP contribution in [-0.2, 0) is 6.42 Å². The van der Waals surface area contributed by atoms with Gasteiger partial charge in [-0.05, 0) is 43.2 Å². The number of carbonyl (C=O) groups excluding carboxylic acids is 1. The molecule has 0 aliphatic carbocycles. The molecule has 0 saturated carbocycles. The van der Waals surface area contributed by atoms with E-state index in [9.17, 15) is 4.79 Å². The van der Waals surface area contributed by atoms with Gasteiger partial charge < -0.3 is 10.2 Å². The molecule has 0 spiro atoms. The SMILES string of the molecule is Cc1ccc(NC(=O)N2CCN(CCc3cccc(Cl)c3)CC2)cc1. The summed E-state index contributed by atoms with van der Waals surface area (Å²) in [5.74, 6) is 0. The van der Waals surface area contributed by atoms with E-state index in [0.717, 1.165) is 49.9 Å². The summed E-state index contributed by atoms with van der Waals surface area (Å²) < 4.78 is 0. The van der Waals surface area contributed by atoms with Gasteiger partial charge in [-0.3, -0.25) is 4.90 Å². The van der Waals surface area contributed by atoms with Crippen LogP contribution in [0, 0.1) is 6.92 Å². The van der Waals surface area contributed by atoms with Gasteiger partial charge in [0.05, 0.1) is 0 Å². The minimum absolute atomic E-state index is 0.0154. The van der Waals surface area contributed by atoms with Gasteiger partial charge in [-0.25, -0.2) is 4.79 Å². The Morgan fingerprint density at radius 3 is 2.48 bits per heavy atom. The molecule has 4 nitrogen and oxygen atoms in total. The van der Waals surface area contributed by atoms with Crippen LogP contribution in [0.25, 0.3) is 0 Å². The number of hydrogen-bond acceptors (Lipinski definition) is 2. The number of nitrogens with zero attached hydrogens (tertiary/aromatic N) is 2. The molecular formula is C20H24ClN3O. The number of anilines is 1. The van der Waals surface area contributed by atoms with E-state index in [2.05, 4.69) is 16.3 Å². The second-order valence-electron chi connectivity index (χ2n) is 6.50. The number of nitrogens with one attached hydrogen (secondary N) is 1. The summed E-state index contributed by atoms with van der Waals surface area (Å²) in [7, 11) is 0. The molecule has 0 aromatic heterocycles. The summed E-state index contributed by atoms with van der Waals surface area (Å²) in [6.45, 7) is 6.35. The van der Waals surface area contributed by atoms with Crippen LogP contribution in [0.5, 0.6) is 0 Å². The summed E-state index contributed by atoms with van der Waals surface area (Å²) in [6, 6.07) is 15.9. The van der Waals surface area contributed by atoms with E-state index in [1.165, 1.54) is 11.1 Å². The van der Waals surface area contributed by atoms with Crippen molar-refractivity contribution in [2.24, 2.45) is 0 Å². The van der Waals surface area contributed by atoms with Crippen molar-refractivity contribution < 1.29 is 4.79 Å². The third-order valence-electron chi connectivity index (χ3n) is 4.57. The van der Waals surface area contributed by atoms with Crippen LogP contribution in [0.3, 0.4) is 0 Å². The maximum Gasteiger partial charge on any atom is 0.321 e. The van der Waals surface area contributed by atoms with Crippen LogP contribution in [-0.4, -0.2) is 48.6 Å². The molecule has 1 aliphatic rings. The third kappa shape index (κ3) is 5.21. The number of carbonyl (C=O) groups is 1. The lowest BCUT2D eigenvalue weighted by Gasteiger charge is -2.34. The van der Waals surface area contributed by atoms with Crippen molar-refractivity contribution in [1.82, 2.24) is 9.80 Å². The fourth-order valence-electron chi connectivity index (χ4n) is 2.99. The Morgan fingerprint density at radius 1 is 1.08 bits per heavy atom. The number of benzene rings is 2. The first-order chi connectivity index (χ1) is 12.1. The smallest absolute Gasteiger partial charge is 0.321 e. The largest absolute Gasteiger partial charge is 0.322 e. The average molecular weight is 358 g/mol. The van der Waals surface area contributed by atoms with Crippen LogP contribution in [0.2, 0.25) is 5.02 Å². The van der Waals surface area contributed by atoms with E-state index in [0.29, 0.717) is 0 Å². The van der Waals surface area contributed by atoms with E-state index >= 15 is 0 Å². The summed E-state index contributed by atoms with van der Waals surface area (Å²) in [4.78, 5) is 16.6. The fraction of sp³-hybridized carbons (Fsp3) is 0.350. The van der Waals surface area contributed by atoms with Crippen LogP contribution in [0.15, 0.2) is 48.5 Å². The Balaban J connectivity index is 1.43. The minimum Gasteiger partial charge on any atom is -0.322 e. The number of aryl methyl sites for hydroxylation is 1. The summed E-state index contributed by atoms with van der Waals surface area (Å²) >= 11 is 6.03. The maximum atomic E-state index is 12.4. The molecule has 2 amide bonds. The van der Waals surface area contributed by atoms with Gasteiger partial charge in [-0.2, -0.15) is 0 Å². The quantitative estimate of drug-likeness (QED) is 0.896. The van der Waals surface area contributed by atoms with E-state index in [-0.39, 0.29) is 6.03 Å². The molecule has 1 N–H and O–H groups in total. The van der Waals surface area contributed by atoms with Crippen molar-refractivity contribution in [3.05, 3.63) is 64.7 Å². The molecule has 1 heterocycles. The molecule has 25 heavy (non-hydrogen) atoms. The summed E-state index contributed by atoms with van der Waals surface area (Å²) in [6.07, 6.45) is 0.982. The minimum atomic E-state index is -0.0154. The standard InChI is InChI=1S/C20H24ClN3O/c1-16-5-7-19(8-6-16)22-20(25)24-13-11-23(12-14-24)10-9-17-3-2-4-18(21)15-17/h2-8,15H,9-14H2,1H3,(H,22,25). The summed E-state index contributed by atoms with van der Waals surface area (Å²) in [5.41, 5.74) is 3.29. The predicted octanol–water partition coefficient (Wildman–Crippen LogP) is 4.04. The van der Waals surface area contributed by atoms with Gasteiger partial charge in [0.1, 0.15) is 0 Å². The van der Waals surface area contributed by atoms with Gasteiger partial charge in [-0.1, -0.05) is 41.4 Å². The zero-order chi connectivity index (χ0) is 17.6. The van der Waals surface area contributed by atoms with Crippen molar-refractivity contribution >= 4 is 23.3 Å². The third-order valence-corrected chi connectivity index (χ3v) is 4.80. The van der Waals surface area contributed by atoms with Crippen molar-refractivity contribution in [3.63, 3.8) is 0 Å². The van der Waals surface area contributed by atoms with Crippen molar-refractivity contribution in [2.45, 2.75) is 13.3 Å². The van der Waals surface area contributed by atoms with E-state index in [1.54, 1.807) is 0 Å². The molecular weight excluding hydrogens is 334 g/mol. The van der Waals surface area contributed by atoms with Gasteiger partial charge >= 0.3 is 6.03 Å². The molecule has 0 radical (unpaired) electrons. The number of hydrogen-bond donors (Lipinski definition) is 1. The van der Waals surface area contributed by atoms with Crippen LogP contribution < -0.4 is 5.32 Å². The van der Waals surface area contributed by atoms with Gasteiger partial charge in [0.2, 0.25) is 0 Å². The Bertz CT molecular complexity index is 709. The highest BCUT2D eigenvalue weighted by Crippen LogP contribution is 2.13. The number of amides is 2. The molecule has 0 unspecified atom stereocenters. The van der Waals surface area contributed by atoms with Gasteiger partial charge in [0.15, 0.2) is 0 Å². The fourth-order valence-corrected chi connectivity index (χ4v) is 3.21. The number of piperazine rings is 1. The lowest BCUT2D eigenvalue weighted by Crippen LogP contribution is -2.50. The van der Waals surface area contributed by atoms with E-state index in [1.807, 2.05) is 54.3 Å². The molecule has 132 valence electrons. The first-order valence-electron chi connectivity index (χ1n) is 8.69. The second kappa shape index (κ2) is 8.37. The topological polar surface area (TPSA) is 35.6 Å². The Hall–Kier alpha value is -2.04. The van der Waals surface area contributed by atoms with Gasteiger partial charge in [0, 0.05) is 43.4 Å². The first-order valence-corrected chi connectivity index (χ1v) is 9.07. The van der Waals surface area contributed by atoms with Crippen molar-refractivity contribution in [1.29, 1.82) is 0 Å². The summed E-state index contributed by atoms with van der Waals surface area (Å²) in [5, 5.41) is 3.76. The van der Waals surface area contributed by atoms with Gasteiger partial charge in [-0.15, -0.1) is 0 Å². The monoisotopic (exact) mass is 357 g/mol. The molecule has 0 bridgehead atoms. The maximum absolute atomic E-state index is 12.4. The molecule has 1 saturated heterocycles. The molecule has 3 rings (SSSR count). The highest BCUT2D eigenvalue weighted by molar-refractivity contribution is 6.30. The molecule has 1 fully saturated rings. The predicted molar refractivity (Wildman–Crippen MR) is 103 cm³/mol. The van der Waals surface area contributed by atoms with Crippen LogP contribution in [0.1, 0.15) is 11.1 Å². The van der Waals surface area contributed by atoms with Crippen LogP contribution >= 0.6 is 11.6 Å². The number of halogens is 1. The number of rotatable bonds is 4. The molecule has 5 heteroatoms. The zero-order valence-corrected chi connectivity index (χ0v) is 15.3. The number of urea groups is 1. The lowest BCUT2D eigenvalue weighted by molar-refractivity contribution is 0.148. The molecule has 2 aromatic carbocycles. The molecule has 1 aliphatic heterocycles.